The van der Waals surface area contributed by atoms with Crippen molar-refractivity contribution in [1.29, 1.82) is 0 Å². The van der Waals surface area contributed by atoms with Crippen molar-refractivity contribution in [2.24, 2.45) is 11.7 Å². The third kappa shape index (κ3) is 2.59. The van der Waals surface area contributed by atoms with Crippen LogP contribution >= 0.6 is 0 Å². The van der Waals surface area contributed by atoms with E-state index >= 15 is 0 Å². The molecule has 2 atom stereocenters. The zero-order valence-electron chi connectivity index (χ0n) is 8.48. The summed E-state index contributed by atoms with van der Waals surface area (Å²) < 4.78 is 4.86. The summed E-state index contributed by atoms with van der Waals surface area (Å²) in [5.74, 6) is 0.101. The van der Waals surface area contributed by atoms with Gasteiger partial charge in [0.05, 0.1) is 12.7 Å². The predicted molar refractivity (Wildman–Crippen MR) is 51.8 cm³/mol. The number of amides is 1. The molecule has 0 bridgehead atoms. The van der Waals surface area contributed by atoms with Crippen molar-refractivity contribution < 1.29 is 14.6 Å². The molecule has 0 aromatic rings. The van der Waals surface area contributed by atoms with Crippen molar-refractivity contribution >= 4 is 6.09 Å². The molecule has 0 aliphatic carbocycles. The molecule has 0 aromatic carbocycles. The molecule has 14 heavy (non-hydrogen) atoms. The summed E-state index contributed by atoms with van der Waals surface area (Å²) in [6.07, 6.45) is 0.00521. The maximum Gasteiger partial charge on any atom is 0.409 e. The summed E-state index contributed by atoms with van der Waals surface area (Å²) in [4.78, 5) is 12.9. The molecule has 1 amide bonds. The van der Waals surface area contributed by atoms with Gasteiger partial charge >= 0.3 is 6.09 Å². The van der Waals surface area contributed by atoms with Gasteiger partial charge in [0.1, 0.15) is 0 Å². The maximum absolute atomic E-state index is 11.3. The van der Waals surface area contributed by atoms with Gasteiger partial charge in [-0.1, -0.05) is 0 Å². The summed E-state index contributed by atoms with van der Waals surface area (Å²) in [6.45, 7) is 3.62. The van der Waals surface area contributed by atoms with E-state index in [1.807, 2.05) is 0 Å². The fraction of sp³-hybridized carbons (Fsp3) is 0.889. The van der Waals surface area contributed by atoms with Gasteiger partial charge in [-0.15, -0.1) is 0 Å². The van der Waals surface area contributed by atoms with Crippen molar-refractivity contribution in [2.45, 2.75) is 19.4 Å². The highest BCUT2D eigenvalue weighted by Crippen LogP contribution is 2.19. The lowest BCUT2D eigenvalue weighted by Gasteiger charge is -2.17. The lowest BCUT2D eigenvalue weighted by molar-refractivity contribution is 0.0995. The fourth-order valence-electron chi connectivity index (χ4n) is 1.67. The second-order valence-electron chi connectivity index (χ2n) is 3.50. The number of nitrogens with two attached hydrogens (primary N) is 1. The van der Waals surface area contributed by atoms with Gasteiger partial charge in [0, 0.05) is 25.6 Å². The second kappa shape index (κ2) is 5.17. The van der Waals surface area contributed by atoms with Crippen LogP contribution in [0.2, 0.25) is 0 Å². The summed E-state index contributed by atoms with van der Waals surface area (Å²) in [5.41, 5.74) is 5.35. The molecular formula is C9H18N2O3. The Morgan fingerprint density at radius 2 is 2.50 bits per heavy atom. The Labute approximate surface area is 83.8 Å². The van der Waals surface area contributed by atoms with Gasteiger partial charge in [-0.05, 0) is 13.3 Å². The Bertz CT molecular complexity index is 198. The van der Waals surface area contributed by atoms with Gasteiger partial charge in [0.15, 0.2) is 0 Å². The number of hydrogen-bond acceptors (Lipinski definition) is 4. The first-order valence-electron chi connectivity index (χ1n) is 4.98. The van der Waals surface area contributed by atoms with Crippen LogP contribution in [0.3, 0.4) is 0 Å². The minimum Gasteiger partial charge on any atom is -0.450 e. The van der Waals surface area contributed by atoms with Crippen LogP contribution in [-0.2, 0) is 4.74 Å². The van der Waals surface area contributed by atoms with E-state index in [1.165, 1.54) is 0 Å². The minimum absolute atomic E-state index is 0.101. The summed E-state index contributed by atoms with van der Waals surface area (Å²) >= 11 is 0. The molecule has 3 N–H and O–H groups in total. The van der Waals surface area contributed by atoms with E-state index in [1.54, 1.807) is 11.8 Å². The largest absolute Gasteiger partial charge is 0.450 e. The smallest absolute Gasteiger partial charge is 0.409 e. The van der Waals surface area contributed by atoms with Crippen molar-refractivity contribution in [3.05, 3.63) is 0 Å². The highest BCUT2D eigenvalue weighted by molar-refractivity contribution is 5.67. The summed E-state index contributed by atoms with van der Waals surface area (Å²) in [6, 6.07) is 0. The van der Waals surface area contributed by atoms with Gasteiger partial charge in [-0.3, -0.25) is 0 Å². The van der Waals surface area contributed by atoms with Gasteiger partial charge < -0.3 is 20.5 Å². The molecule has 1 rings (SSSR count). The number of carbonyl (C=O) groups is 1. The lowest BCUT2D eigenvalue weighted by Crippen LogP contribution is -2.34. The normalized spacial score (nSPS) is 23.6. The molecule has 1 fully saturated rings. The monoisotopic (exact) mass is 202 g/mol. The molecule has 1 saturated heterocycles. The first kappa shape index (κ1) is 11.3. The van der Waals surface area contributed by atoms with Crippen LogP contribution in [-0.4, -0.2) is 48.4 Å². The van der Waals surface area contributed by atoms with E-state index in [2.05, 4.69) is 0 Å². The number of aliphatic hydroxyl groups is 1. The molecule has 5 nitrogen and oxygen atoms in total. The van der Waals surface area contributed by atoms with Gasteiger partial charge in [0.2, 0.25) is 0 Å². The van der Waals surface area contributed by atoms with E-state index < -0.39 is 6.10 Å². The van der Waals surface area contributed by atoms with Crippen LogP contribution < -0.4 is 5.73 Å². The van der Waals surface area contributed by atoms with Gasteiger partial charge in [0.25, 0.3) is 0 Å². The zero-order chi connectivity index (χ0) is 10.6. The topological polar surface area (TPSA) is 75.8 Å². The molecule has 1 aliphatic heterocycles. The van der Waals surface area contributed by atoms with E-state index in [-0.39, 0.29) is 18.6 Å². The highest BCUT2D eigenvalue weighted by atomic mass is 16.6. The Morgan fingerprint density at radius 1 is 1.79 bits per heavy atom. The summed E-state index contributed by atoms with van der Waals surface area (Å²) in [5, 5.41) is 9.48. The summed E-state index contributed by atoms with van der Waals surface area (Å²) in [7, 11) is 0. The van der Waals surface area contributed by atoms with E-state index in [9.17, 15) is 9.90 Å². The van der Waals surface area contributed by atoms with E-state index in [0.29, 0.717) is 19.7 Å². The first-order chi connectivity index (χ1) is 6.69. The second-order valence-corrected chi connectivity index (χ2v) is 3.50. The number of hydrogen-bond donors (Lipinski definition) is 2. The number of aliphatic hydroxyl groups excluding tert-OH is 1. The molecule has 2 unspecified atom stereocenters. The fourth-order valence-corrected chi connectivity index (χ4v) is 1.67. The molecule has 5 heteroatoms. The number of likely N-dealkylation sites (tertiary alicyclic amines) is 1. The average Bonchev–Trinajstić information content (AvgIpc) is 2.66. The molecule has 0 spiro atoms. The van der Waals surface area contributed by atoms with Gasteiger partial charge in [-0.2, -0.15) is 0 Å². The van der Waals surface area contributed by atoms with Crippen LogP contribution in [0.4, 0.5) is 4.79 Å². The highest BCUT2D eigenvalue weighted by Gasteiger charge is 2.30. The van der Waals surface area contributed by atoms with Crippen molar-refractivity contribution in [3.63, 3.8) is 0 Å². The van der Waals surface area contributed by atoms with E-state index in [0.717, 1.165) is 6.42 Å². The maximum atomic E-state index is 11.3. The number of ether oxygens (including phenoxy) is 1. The number of rotatable bonds is 3. The first-order valence-corrected chi connectivity index (χ1v) is 4.98. The molecule has 1 heterocycles. The third-order valence-corrected chi connectivity index (χ3v) is 2.54. The van der Waals surface area contributed by atoms with Crippen LogP contribution in [0.15, 0.2) is 0 Å². The predicted octanol–water partition coefficient (Wildman–Crippen LogP) is -0.216. The van der Waals surface area contributed by atoms with Crippen molar-refractivity contribution in [2.75, 3.05) is 26.2 Å². The van der Waals surface area contributed by atoms with Crippen LogP contribution in [0.5, 0.6) is 0 Å². The van der Waals surface area contributed by atoms with Gasteiger partial charge in [-0.25, -0.2) is 4.79 Å². The zero-order valence-corrected chi connectivity index (χ0v) is 8.48. The molecule has 0 radical (unpaired) electrons. The van der Waals surface area contributed by atoms with Crippen LogP contribution in [0.1, 0.15) is 13.3 Å². The SMILES string of the molecule is CCOC(=O)N1CCC(C(O)CN)C1. The average molecular weight is 202 g/mol. The third-order valence-electron chi connectivity index (χ3n) is 2.54. The Kier molecular flexibility index (Phi) is 4.16. The van der Waals surface area contributed by atoms with E-state index in [4.69, 9.17) is 10.5 Å². The molecule has 0 saturated carbocycles. The van der Waals surface area contributed by atoms with Crippen LogP contribution in [0, 0.1) is 5.92 Å². The Morgan fingerprint density at radius 3 is 3.07 bits per heavy atom. The van der Waals surface area contributed by atoms with Crippen LogP contribution in [0.25, 0.3) is 0 Å². The lowest BCUT2D eigenvalue weighted by atomic mass is 10.0. The quantitative estimate of drug-likeness (QED) is 0.663. The Balaban J connectivity index is 2.37. The van der Waals surface area contributed by atoms with Crippen molar-refractivity contribution in [1.82, 2.24) is 4.90 Å². The molecule has 0 aromatic heterocycles. The Hall–Kier alpha value is -0.810. The molecule has 82 valence electrons. The standard InChI is InChI=1S/C9H18N2O3/c1-2-14-9(13)11-4-3-7(6-11)8(12)5-10/h7-8,12H,2-6,10H2,1H3. The molecule has 1 aliphatic rings. The number of carbonyl (C=O) groups excluding carboxylic acids is 1. The molecular weight excluding hydrogens is 184 g/mol. The minimum atomic E-state index is -0.505. The number of nitrogens with zero attached hydrogens (tertiary/aromatic N) is 1. The van der Waals surface area contributed by atoms with Crippen molar-refractivity contribution in [3.8, 4) is 0 Å².